The second kappa shape index (κ2) is 14.6. The number of hydrogen-bond donors (Lipinski definition) is 4. The van der Waals surface area contributed by atoms with Gasteiger partial charge in [0, 0.05) is 35.1 Å². The van der Waals surface area contributed by atoms with Crippen molar-refractivity contribution in [3.8, 4) is 11.5 Å². The van der Waals surface area contributed by atoms with Crippen LogP contribution in [0.1, 0.15) is 35.2 Å². The standard InChI is InChI=1S/C35H36ClN5O6/c36-23-11-13-25(14-12-23)46-17-15-37-34(44)29-19-32(42)39-30(18-22-20-38-28-9-3-1-7-26(22)28)35(45)41-16-5-6-24(41)21-47-31-10-4-2-8-27(31)33(43)40-29/h1-4,7-14,20,24,29-30,38H,5-6,15-19,21H2,(H,37,44)(H,39,42)(H,40,43)/t24-,29+,30+/m1/s1. The lowest BCUT2D eigenvalue weighted by Gasteiger charge is -2.30. The number of aromatic amines is 1. The van der Waals surface area contributed by atoms with E-state index in [4.69, 9.17) is 21.1 Å². The van der Waals surface area contributed by atoms with Gasteiger partial charge < -0.3 is 35.3 Å². The summed E-state index contributed by atoms with van der Waals surface area (Å²) in [6.45, 7) is 0.974. The normalized spacial score (nSPS) is 20.3. The van der Waals surface area contributed by atoms with Crippen LogP contribution in [0.3, 0.4) is 0 Å². The maximum absolute atomic E-state index is 14.1. The number of nitrogens with zero attached hydrogens (tertiary/aromatic N) is 1. The highest BCUT2D eigenvalue weighted by molar-refractivity contribution is 6.30. The van der Waals surface area contributed by atoms with Gasteiger partial charge in [0.15, 0.2) is 0 Å². The molecule has 0 unspecified atom stereocenters. The summed E-state index contributed by atoms with van der Waals surface area (Å²) in [4.78, 5) is 59.6. The van der Waals surface area contributed by atoms with Gasteiger partial charge in [0.05, 0.1) is 24.6 Å². The Hall–Kier alpha value is -5.03. The van der Waals surface area contributed by atoms with Crippen LogP contribution in [0.25, 0.3) is 10.9 Å². The largest absolute Gasteiger partial charge is 0.492 e. The van der Waals surface area contributed by atoms with E-state index in [1.54, 1.807) is 53.4 Å². The van der Waals surface area contributed by atoms with Crippen LogP contribution in [0.15, 0.2) is 79.0 Å². The smallest absolute Gasteiger partial charge is 0.255 e. The van der Waals surface area contributed by atoms with Crippen LogP contribution >= 0.6 is 11.6 Å². The Morgan fingerprint density at radius 2 is 1.79 bits per heavy atom. The first kappa shape index (κ1) is 31.9. The first-order valence-electron chi connectivity index (χ1n) is 15.7. The van der Waals surface area contributed by atoms with E-state index in [9.17, 15) is 19.2 Å². The van der Waals surface area contributed by atoms with Crippen molar-refractivity contribution in [2.75, 3.05) is 26.3 Å². The van der Waals surface area contributed by atoms with Gasteiger partial charge in [-0.1, -0.05) is 41.9 Å². The van der Waals surface area contributed by atoms with Crippen LogP contribution in [0.2, 0.25) is 5.02 Å². The number of nitrogens with one attached hydrogen (secondary N) is 4. The van der Waals surface area contributed by atoms with Crippen LogP contribution < -0.4 is 25.4 Å². The summed E-state index contributed by atoms with van der Waals surface area (Å²) < 4.78 is 11.8. The summed E-state index contributed by atoms with van der Waals surface area (Å²) in [6, 6.07) is 18.9. The van der Waals surface area contributed by atoms with Crippen LogP contribution in [-0.2, 0) is 20.8 Å². The topological polar surface area (TPSA) is 142 Å². The minimum atomic E-state index is -1.24. The Morgan fingerprint density at radius 3 is 2.64 bits per heavy atom. The zero-order valence-electron chi connectivity index (χ0n) is 25.7. The van der Waals surface area contributed by atoms with E-state index in [1.165, 1.54) is 0 Å². The molecule has 1 fully saturated rings. The van der Waals surface area contributed by atoms with Gasteiger partial charge in [-0.3, -0.25) is 19.2 Å². The minimum absolute atomic E-state index is 0.118. The second-order valence-corrected chi connectivity index (χ2v) is 12.1. The van der Waals surface area contributed by atoms with E-state index < -0.39 is 29.8 Å². The third-order valence-electron chi connectivity index (χ3n) is 8.45. The highest BCUT2D eigenvalue weighted by atomic mass is 35.5. The number of benzene rings is 3. The monoisotopic (exact) mass is 657 g/mol. The number of amides is 4. The summed E-state index contributed by atoms with van der Waals surface area (Å²) in [5.41, 5.74) is 2.03. The maximum atomic E-state index is 14.1. The molecule has 1 aromatic heterocycles. The lowest BCUT2D eigenvalue weighted by atomic mass is 10.0. The number of para-hydroxylation sites is 2. The molecule has 2 aliphatic rings. The molecule has 47 heavy (non-hydrogen) atoms. The van der Waals surface area contributed by atoms with Crippen LogP contribution in [0, 0.1) is 0 Å². The zero-order valence-corrected chi connectivity index (χ0v) is 26.4. The summed E-state index contributed by atoms with van der Waals surface area (Å²) in [6.07, 6.45) is 3.23. The Labute approximate surface area is 276 Å². The van der Waals surface area contributed by atoms with E-state index in [1.807, 2.05) is 30.5 Å². The molecule has 4 N–H and O–H groups in total. The number of carbonyl (C=O) groups excluding carboxylic acids is 4. The van der Waals surface area contributed by atoms with Crippen LogP contribution in [0.4, 0.5) is 0 Å². The average Bonchev–Trinajstić information content (AvgIpc) is 3.72. The number of H-pyrrole nitrogens is 1. The van der Waals surface area contributed by atoms with Crippen molar-refractivity contribution in [1.29, 1.82) is 0 Å². The molecule has 1 saturated heterocycles. The van der Waals surface area contributed by atoms with Gasteiger partial charge in [-0.15, -0.1) is 0 Å². The molecule has 12 heteroatoms. The third-order valence-corrected chi connectivity index (χ3v) is 8.70. The Balaban J connectivity index is 1.23. The minimum Gasteiger partial charge on any atom is -0.492 e. The van der Waals surface area contributed by atoms with Crippen molar-refractivity contribution >= 4 is 46.1 Å². The van der Waals surface area contributed by atoms with E-state index in [0.717, 1.165) is 29.3 Å². The Morgan fingerprint density at radius 1 is 1.00 bits per heavy atom. The van der Waals surface area contributed by atoms with E-state index >= 15 is 0 Å². The van der Waals surface area contributed by atoms with Crippen LogP contribution in [0.5, 0.6) is 11.5 Å². The summed E-state index contributed by atoms with van der Waals surface area (Å²) in [5.74, 6) is -0.979. The molecular weight excluding hydrogens is 622 g/mol. The number of halogens is 1. The molecule has 3 heterocycles. The lowest BCUT2D eigenvalue weighted by molar-refractivity contribution is -0.138. The molecule has 0 aliphatic carbocycles. The van der Waals surface area contributed by atoms with Gasteiger partial charge in [0.1, 0.15) is 36.8 Å². The fourth-order valence-corrected chi connectivity index (χ4v) is 6.19. The van der Waals surface area contributed by atoms with Gasteiger partial charge in [-0.2, -0.15) is 0 Å². The zero-order chi connectivity index (χ0) is 32.8. The number of aromatic nitrogens is 1. The first-order chi connectivity index (χ1) is 22.9. The number of hydrogen-bond acceptors (Lipinski definition) is 6. The van der Waals surface area contributed by atoms with Crippen LogP contribution in [-0.4, -0.2) is 77.9 Å². The Bertz CT molecular complexity index is 1760. The number of ether oxygens (including phenoxy) is 2. The average molecular weight is 658 g/mol. The molecule has 11 nitrogen and oxygen atoms in total. The molecular formula is C35H36ClN5O6. The molecule has 4 amide bonds. The van der Waals surface area contributed by atoms with E-state index in [2.05, 4.69) is 20.9 Å². The molecule has 4 aromatic rings. The highest BCUT2D eigenvalue weighted by Gasteiger charge is 2.36. The van der Waals surface area contributed by atoms with Gasteiger partial charge >= 0.3 is 0 Å². The number of carbonyl (C=O) groups is 4. The fourth-order valence-electron chi connectivity index (χ4n) is 6.07. The molecule has 0 saturated carbocycles. The number of rotatable bonds is 7. The van der Waals surface area contributed by atoms with Crippen molar-refractivity contribution in [3.63, 3.8) is 0 Å². The van der Waals surface area contributed by atoms with Crippen molar-refractivity contribution in [3.05, 3.63) is 95.1 Å². The van der Waals surface area contributed by atoms with Crippen molar-refractivity contribution in [2.24, 2.45) is 0 Å². The van der Waals surface area contributed by atoms with Gasteiger partial charge in [-0.25, -0.2) is 0 Å². The summed E-state index contributed by atoms with van der Waals surface area (Å²) >= 11 is 5.93. The fraction of sp³-hybridized carbons (Fsp3) is 0.314. The molecule has 6 rings (SSSR count). The van der Waals surface area contributed by atoms with Gasteiger partial charge in [0.2, 0.25) is 17.7 Å². The molecule has 3 aromatic carbocycles. The molecule has 0 bridgehead atoms. The predicted octanol–water partition coefficient (Wildman–Crippen LogP) is 3.62. The van der Waals surface area contributed by atoms with Crippen molar-refractivity contribution in [1.82, 2.24) is 25.8 Å². The maximum Gasteiger partial charge on any atom is 0.255 e. The van der Waals surface area contributed by atoms with E-state index in [0.29, 0.717) is 23.1 Å². The van der Waals surface area contributed by atoms with Crippen molar-refractivity contribution in [2.45, 2.75) is 43.8 Å². The first-order valence-corrected chi connectivity index (χ1v) is 16.1. The quantitative estimate of drug-likeness (QED) is 0.224. The molecule has 0 radical (unpaired) electrons. The van der Waals surface area contributed by atoms with Crippen molar-refractivity contribution < 1.29 is 28.7 Å². The van der Waals surface area contributed by atoms with E-state index in [-0.39, 0.29) is 50.1 Å². The molecule has 3 atom stereocenters. The SMILES string of the molecule is O=C1C[C@@H](C(=O)NCCOc2ccc(Cl)cc2)NC(=O)c2ccccc2OC[C@H]2CCCN2C(=O)[C@H](Cc2c[nH]c3ccccc23)N1. The molecule has 2 aliphatic heterocycles. The number of fused-ring (bicyclic) bond motifs is 3. The van der Waals surface area contributed by atoms with Gasteiger partial charge in [-0.05, 0) is 60.9 Å². The molecule has 0 spiro atoms. The summed E-state index contributed by atoms with van der Waals surface area (Å²) in [5, 5.41) is 9.89. The molecule has 244 valence electrons. The third kappa shape index (κ3) is 7.69. The van der Waals surface area contributed by atoms with Gasteiger partial charge in [0.25, 0.3) is 5.91 Å². The highest BCUT2D eigenvalue weighted by Crippen LogP contribution is 2.25. The second-order valence-electron chi connectivity index (χ2n) is 11.6. The Kier molecular flexibility index (Phi) is 9.92. The lowest BCUT2D eigenvalue weighted by Crippen LogP contribution is -2.54. The predicted molar refractivity (Wildman–Crippen MR) is 176 cm³/mol. The summed E-state index contributed by atoms with van der Waals surface area (Å²) in [7, 11) is 0.